The van der Waals surface area contributed by atoms with Crippen LogP contribution >= 0.6 is 0 Å². The summed E-state index contributed by atoms with van der Waals surface area (Å²) in [7, 11) is 1.83. The molecule has 2 N–H and O–H groups in total. The van der Waals surface area contributed by atoms with Crippen LogP contribution < -0.4 is 5.32 Å². The minimum absolute atomic E-state index is 0.107. The standard InChI is InChI=1S/C18H18F3N5O/c1-10-16(11(2)26(3)25-10)14-8-15(24-23-14)17(27)22-9-12-4-6-13(7-5-12)18(19,20)21/h4-8H,9H2,1-3H3,(H,22,27)(H,23,24). The van der Waals surface area contributed by atoms with Crippen LogP contribution in [0.1, 0.15) is 33.0 Å². The second-order valence-electron chi connectivity index (χ2n) is 6.21. The average Bonchev–Trinajstić information content (AvgIpc) is 3.17. The molecule has 0 aliphatic rings. The Morgan fingerprint density at radius 2 is 1.89 bits per heavy atom. The van der Waals surface area contributed by atoms with Gasteiger partial charge < -0.3 is 5.32 Å². The number of carbonyl (C=O) groups excluding carboxylic acids is 1. The second-order valence-corrected chi connectivity index (χ2v) is 6.21. The first-order chi connectivity index (χ1) is 12.7. The molecule has 1 amide bonds. The molecule has 0 spiro atoms. The number of nitrogens with one attached hydrogen (secondary N) is 2. The van der Waals surface area contributed by atoms with Gasteiger partial charge in [0.1, 0.15) is 5.69 Å². The smallest absolute Gasteiger partial charge is 0.347 e. The van der Waals surface area contributed by atoms with E-state index < -0.39 is 17.6 Å². The fourth-order valence-corrected chi connectivity index (χ4v) is 2.80. The maximum Gasteiger partial charge on any atom is 0.416 e. The molecule has 2 aromatic heterocycles. The fraction of sp³-hybridized carbons (Fsp3) is 0.278. The lowest BCUT2D eigenvalue weighted by Gasteiger charge is -2.08. The highest BCUT2D eigenvalue weighted by molar-refractivity contribution is 5.93. The van der Waals surface area contributed by atoms with E-state index in [0.717, 1.165) is 29.1 Å². The number of aryl methyl sites for hydroxylation is 2. The van der Waals surface area contributed by atoms with Gasteiger partial charge in [-0.3, -0.25) is 14.6 Å². The van der Waals surface area contributed by atoms with Crippen molar-refractivity contribution in [1.82, 2.24) is 25.3 Å². The van der Waals surface area contributed by atoms with E-state index in [9.17, 15) is 18.0 Å². The number of alkyl halides is 3. The van der Waals surface area contributed by atoms with Gasteiger partial charge in [0.15, 0.2) is 0 Å². The van der Waals surface area contributed by atoms with Crippen molar-refractivity contribution in [3.05, 3.63) is 58.5 Å². The van der Waals surface area contributed by atoms with E-state index in [1.54, 1.807) is 10.7 Å². The summed E-state index contributed by atoms with van der Waals surface area (Å²) in [5.41, 5.74) is 3.30. The molecule has 0 aliphatic heterocycles. The maximum atomic E-state index is 12.6. The van der Waals surface area contributed by atoms with E-state index in [2.05, 4.69) is 20.6 Å². The number of amides is 1. The van der Waals surface area contributed by atoms with E-state index in [1.807, 2.05) is 20.9 Å². The largest absolute Gasteiger partial charge is 0.416 e. The van der Waals surface area contributed by atoms with Crippen molar-refractivity contribution in [2.24, 2.45) is 7.05 Å². The lowest BCUT2D eigenvalue weighted by molar-refractivity contribution is -0.137. The van der Waals surface area contributed by atoms with Crippen molar-refractivity contribution in [1.29, 1.82) is 0 Å². The van der Waals surface area contributed by atoms with Crippen molar-refractivity contribution >= 4 is 5.91 Å². The summed E-state index contributed by atoms with van der Waals surface area (Å²) in [6.07, 6.45) is -4.38. The highest BCUT2D eigenvalue weighted by Gasteiger charge is 2.29. The molecule has 3 aromatic rings. The van der Waals surface area contributed by atoms with Crippen LogP contribution in [-0.4, -0.2) is 25.9 Å². The van der Waals surface area contributed by atoms with Crippen LogP contribution in [0.25, 0.3) is 11.3 Å². The number of hydrogen-bond acceptors (Lipinski definition) is 3. The number of hydrogen-bond donors (Lipinski definition) is 2. The summed E-state index contributed by atoms with van der Waals surface area (Å²) in [5.74, 6) is -0.396. The van der Waals surface area contributed by atoms with Gasteiger partial charge in [-0.15, -0.1) is 0 Å². The zero-order chi connectivity index (χ0) is 19.8. The third-order valence-corrected chi connectivity index (χ3v) is 4.32. The van der Waals surface area contributed by atoms with Crippen LogP contribution in [-0.2, 0) is 19.8 Å². The van der Waals surface area contributed by atoms with E-state index in [-0.39, 0.29) is 12.2 Å². The van der Waals surface area contributed by atoms with Gasteiger partial charge in [0.25, 0.3) is 5.91 Å². The number of aromatic nitrogens is 4. The highest BCUT2D eigenvalue weighted by atomic mass is 19.4. The quantitative estimate of drug-likeness (QED) is 0.732. The number of halogens is 3. The Morgan fingerprint density at radius 3 is 2.44 bits per heavy atom. The summed E-state index contributed by atoms with van der Waals surface area (Å²) in [6, 6.07) is 6.28. The van der Waals surface area contributed by atoms with Gasteiger partial charge in [0, 0.05) is 24.8 Å². The fourth-order valence-electron chi connectivity index (χ4n) is 2.80. The molecule has 0 radical (unpaired) electrons. The molecule has 0 saturated carbocycles. The predicted molar refractivity (Wildman–Crippen MR) is 92.9 cm³/mol. The van der Waals surface area contributed by atoms with Crippen LogP contribution in [0.5, 0.6) is 0 Å². The first kappa shape index (κ1) is 18.7. The predicted octanol–water partition coefficient (Wildman–Crippen LogP) is 3.38. The van der Waals surface area contributed by atoms with Crippen LogP contribution in [0.4, 0.5) is 13.2 Å². The minimum Gasteiger partial charge on any atom is -0.347 e. The average molecular weight is 377 g/mol. The Labute approximate surface area is 153 Å². The van der Waals surface area contributed by atoms with Gasteiger partial charge >= 0.3 is 6.18 Å². The molecule has 9 heteroatoms. The summed E-state index contributed by atoms with van der Waals surface area (Å²) in [5, 5.41) is 13.8. The zero-order valence-corrected chi connectivity index (χ0v) is 15.0. The molecule has 1 aromatic carbocycles. The van der Waals surface area contributed by atoms with E-state index in [4.69, 9.17) is 0 Å². The molecular weight excluding hydrogens is 359 g/mol. The Hall–Kier alpha value is -3.10. The number of aromatic amines is 1. The maximum absolute atomic E-state index is 12.6. The lowest BCUT2D eigenvalue weighted by atomic mass is 10.1. The van der Waals surface area contributed by atoms with Gasteiger partial charge in [0.05, 0.1) is 17.0 Å². The third kappa shape index (κ3) is 3.86. The second kappa shape index (κ2) is 6.90. The Morgan fingerprint density at radius 1 is 1.22 bits per heavy atom. The molecule has 27 heavy (non-hydrogen) atoms. The number of nitrogens with zero attached hydrogens (tertiary/aromatic N) is 3. The van der Waals surface area contributed by atoms with Gasteiger partial charge in [-0.05, 0) is 37.6 Å². The van der Waals surface area contributed by atoms with E-state index in [1.165, 1.54) is 12.1 Å². The van der Waals surface area contributed by atoms with E-state index >= 15 is 0 Å². The number of benzene rings is 1. The van der Waals surface area contributed by atoms with E-state index in [0.29, 0.717) is 11.3 Å². The summed E-state index contributed by atoms with van der Waals surface area (Å²) in [4.78, 5) is 12.3. The normalized spacial score (nSPS) is 11.6. The topological polar surface area (TPSA) is 75.6 Å². The first-order valence-electron chi connectivity index (χ1n) is 8.17. The first-order valence-corrected chi connectivity index (χ1v) is 8.17. The Kier molecular flexibility index (Phi) is 4.77. The molecule has 6 nitrogen and oxygen atoms in total. The van der Waals surface area contributed by atoms with Crippen molar-refractivity contribution in [3.8, 4) is 11.3 Å². The molecule has 0 fully saturated rings. The number of rotatable bonds is 4. The number of H-pyrrole nitrogens is 1. The molecule has 0 aliphatic carbocycles. The van der Waals surface area contributed by atoms with Crippen LogP contribution in [0, 0.1) is 13.8 Å². The highest BCUT2D eigenvalue weighted by Crippen LogP contribution is 2.29. The monoisotopic (exact) mass is 377 g/mol. The van der Waals surface area contributed by atoms with Crippen LogP contribution in [0.2, 0.25) is 0 Å². The zero-order valence-electron chi connectivity index (χ0n) is 15.0. The van der Waals surface area contributed by atoms with Crippen molar-refractivity contribution < 1.29 is 18.0 Å². The molecule has 142 valence electrons. The van der Waals surface area contributed by atoms with Crippen molar-refractivity contribution in [2.45, 2.75) is 26.6 Å². The number of carbonyl (C=O) groups is 1. The van der Waals surface area contributed by atoms with Gasteiger partial charge in [-0.25, -0.2) is 0 Å². The van der Waals surface area contributed by atoms with Gasteiger partial charge in [-0.2, -0.15) is 23.4 Å². The molecular formula is C18H18F3N5O. The minimum atomic E-state index is -4.38. The summed E-state index contributed by atoms with van der Waals surface area (Å²) < 4.78 is 39.4. The Balaban J connectivity index is 1.68. The third-order valence-electron chi connectivity index (χ3n) is 4.32. The summed E-state index contributed by atoms with van der Waals surface area (Å²) >= 11 is 0. The van der Waals surface area contributed by atoms with Gasteiger partial charge in [-0.1, -0.05) is 12.1 Å². The Bertz CT molecular complexity index is 970. The molecule has 0 bridgehead atoms. The molecule has 2 heterocycles. The molecule has 0 unspecified atom stereocenters. The molecule has 0 atom stereocenters. The van der Waals surface area contributed by atoms with Crippen LogP contribution in [0.3, 0.4) is 0 Å². The summed E-state index contributed by atoms with van der Waals surface area (Å²) in [6.45, 7) is 3.88. The van der Waals surface area contributed by atoms with Crippen LogP contribution in [0.15, 0.2) is 30.3 Å². The SMILES string of the molecule is Cc1nn(C)c(C)c1-c1cc(C(=O)NCc2ccc(C(F)(F)F)cc2)[nH]n1. The van der Waals surface area contributed by atoms with Crippen molar-refractivity contribution in [2.75, 3.05) is 0 Å². The molecule has 0 saturated heterocycles. The lowest BCUT2D eigenvalue weighted by Crippen LogP contribution is -2.23. The molecule has 3 rings (SSSR count). The van der Waals surface area contributed by atoms with Gasteiger partial charge in [0.2, 0.25) is 0 Å². The van der Waals surface area contributed by atoms with Crippen molar-refractivity contribution in [3.63, 3.8) is 0 Å².